The van der Waals surface area contributed by atoms with Gasteiger partial charge in [-0.15, -0.1) is 21.5 Å². The second kappa shape index (κ2) is 4.86. The minimum Gasteiger partial charge on any atom is -0.351 e. The molecule has 0 bridgehead atoms. The highest BCUT2D eigenvalue weighted by atomic mass is 79.9. The number of anilines is 1. The lowest BCUT2D eigenvalue weighted by Crippen LogP contribution is -2.20. The van der Waals surface area contributed by atoms with Crippen LogP contribution in [-0.2, 0) is 13.6 Å². The number of aryl methyl sites for hydroxylation is 1. The number of fused-ring (bicyclic) bond motifs is 1. The standard InChI is InChI=1S/C11H11BrN6S/c1-17(4-9-16-15-6-18(9)2)11-10-7(13-5-14-11)3-8(12)19-10/h3,5-6H,4H2,1-2H3. The summed E-state index contributed by atoms with van der Waals surface area (Å²) in [5.74, 6) is 1.80. The molecule has 0 fully saturated rings. The number of halogens is 1. The van der Waals surface area contributed by atoms with Gasteiger partial charge >= 0.3 is 0 Å². The first-order valence-electron chi connectivity index (χ1n) is 5.59. The first kappa shape index (κ1) is 12.5. The Bertz CT molecular complexity index is 721. The SMILES string of the molecule is CN(Cc1nncn1C)c1ncnc2cc(Br)sc12. The second-order valence-electron chi connectivity index (χ2n) is 4.18. The molecule has 3 aromatic rings. The molecule has 6 nitrogen and oxygen atoms in total. The summed E-state index contributed by atoms with van der Waals surface area (Å²) in [6, 6.07) is 2.00. The van der Waals surface area contributed by atoms with Gasteiger partial charge in [0.1, 0.15) is 18.5 Å². The summed E-state index contributed by atoms with van der Waals surface area (Å²) in [7, 11) is 3.92. The van der Waals surface area contributed by atoms with Gasteiger partial charge in [0.15, 0.2) is 5.82 Å². The quantitative estimate of drug-likeness (QED) is 0.732. The van der Waals surface area contributed by atoms with Crippen molar-refractivity contribution in [3.63, 3.8) is 0 Å². The van der Waals surface area contributed by atoms with Crippen molar-refractivity contribution in [1.29, 1.82) is 0 Å². The molecule has 0 aromatic carbocycles. The fourth-order valence-corrected chi connectivity index (χ4v) is 3.41. The average Bonchev–Trinajstić information content (AvgIpc) is 2.94. The number of hydrogen-bond donors (Lipinski definition) is 0. The Morgan fingerprint density at radius 3 is 3.00 bits per heavy atom. The molecule has 3 heterocycles. The Hall–Kier alpha value is -1.54. The summed E-state index contributed by atoms with van der Waals surface area (Å²) in [6.07, 6.45) is 3.28. The van der Waals surface area contributed by atoms with Gasteiger partial charge in [0.05, 0.1) is 20.5 Å². The maximum absolute atomic E-state index is 4.38. The highest BCUT2D eigenvalue weighted by molar-refractivity contribution is 9.11. The maximum Gasteiger partial charge on any atom is 0.152 e. The third-order valence-corrected chi connectivity index (χ3v) is 4.43. The Morgan fingerprint density at radius 1 is 1.42 bits per heavy atom. The topological polar surface area (TPSA) is 59.7 Å². The lowest BCUT2D eigenvalue weighted by atomic mass is 10.4. The van der Waals surface area contributed by atoms with Crippen molar-refractivity contribution in [2.45, 2.75) is 6.54 Å². The van der Waals surface area contributed by atoms with Crippen LogP contribution in [0, 0.1) is 0 Å². The monoisotopic (exact) mass is 338 g/mol. The fourth-order valence-electron chi connectivity index (χ4n) is 1.82. The molecule has 0 spiro atoms. The van der Waals surface area contributed by atoms with Crippen LogP contribution < -0.4 is 4.90 Å². The third-order valence-electron chi connectivity index (χ3n) is 2.81. The molecule has 0 N–H and O–H groups in total. The third kappa shape index (κ3) is 2.33. The van der Waals surface area contributed by atoms with Crippen LogP contribution in [-0.4, -0.2) is 31.8 Å². The van der Waals surface area contributed by atoms with Crippen LogP contribution in [0.2, 0.25) is 0 Å². The first-order valence-corrected chi connectivity index (χ1v) is 7.20. The molecular formula is C11H11BrN6S. The van der Waals surface area contributed by atoms with Gasteiger partial charge in [-0.2, -0.15) is 0 Å². The van der Waals surface area contributed by atoms with E-state index in [-0.39, 0.29) is 0 Å². The van der Waals surface area contributed by atoms with Gasteiger partial charge < -0.3 is 9.47 Å². The molecule has 0 saturated carbocycles. The zero-order valence-electron chi connectivity index (χ0n) is 10.4. The summed E-state index contributed by atoms with van der Waals surface area (Å²) in [5.41, 5.74) is 0.951. The molecule has 0 aliphatic rings. The zero-order valence-corrected chi connectivity index (χ0v) is 12.8. The number of hydrogen-bond acceptors (Lipinski definition) is 6. The van der Waals surface area contributed by atoms with Crippen molar-refractivity contribution in [3.05, 3.63) is 28.3 Å². The summed E-state index contributed by atoms with van der Waals surface area (Å²) in [6.45, 7) is 0.651. The largest absolute Gasteiger partial charge is 0.351 e. The van der Waals surface area contributed by atoms with E-state index >= 15 is 0 Å². The number of thiophene rings is 1. The van der Waals surface area contributed by atoms with Gasteiger partial charge in [-0.25, -0.2) is 9.97 Å². The molecule has 19 heavy (non-hydrogen) atoms. The van der Waals surface area contributed by atoms with Crippen LogP contribution in [0.15, 0.2) is 22.5 Å². The van der Waals surface area contributed by atoms with E-state index in [1.807, 2.05) is 24.7 Å². The van der Waals surface area contributed by atoms with Gasteiger partial charge in [-0.1, -0.05) is 0 Å². The van der Waals surface area contributed by atoms with E-state index in [0.29, 0.717) is 6.54 Å². The van der Waals surface area contributed by atoms with Gasteiger partial charge in [0.25, 0.3) is 0 Å². The van der Waals surface area contributed by atoms with E-state index in [0.717, 1.165) is 25.6 Å². The number of nitrogens with zero attached hydrogens (tertiary/aromatic N) is 6. The smallest absolute Gasteiger partial charge is 0.152 e. The zero-order chi connectivity index (χ0) is 13.4. The summed E-state index contributed by atoms with van der Waals surface area (Å²) in [5, 5.41) is 7.97. The van der Waals surface area contributed by atoms with Crippen molar-refractivity contribution >= 4 is 43.3 Å². The van der Waals surface area contributed by atoms with Crippen LogP contribution in [0.1, 0.15) is 5.82 Å². The Morgan fingerprint density at radius 2 is 2.26 bits per heavy atom. The highest BCUT2D eigenvalue weighted by Gasteiger charge is 2.13. The van der Waals surface area contributed by atoms with Crippen molar-refractivity contribution in [3.8, 4) is 0 Å². The van der Waals surface area contributed by atoms with E-state index in [1.165, 1.54) is 0 Å². The summed E-state index contributed by atoms with van der Waals surface area (Å²) < 4.78 is 4.02. The summed E-state index contributed by atoms with van der Waals surface area (Å²) >= 11 is 5.12. The van der Waals surface area contributed by atoms with Crippen molar-refractivity contribution in [2.75, 3.05) is 11.9 Å². The molecule has 3 rings (SSSR count). The number of rotatable bonds is 3. The van der Waals surface area contributed by atoms with Crippen LogP contribution in [0.25, 0.3) is 10.2 Å². The molecular weight excluding hydrogens is 328 g/mol. The molecule has 8 heteroatoms. The van der Waals surface area contributed by atoms with Crippen molar-refractivity contribution < 1.29 is 0 Å². The normalized spacial score (nSPS) is 11.1. The van der Waals surface area contributed by atoms with Crippen LogP contribution in [0.3, 0.4) is 0 Å². The summed E-state index contributed by atoms with van der Waals surface area (Å²) in [4.78, 5) is 10.7. The Labute approximate surface area is 122 Å². The average molecular weight is 339 g/mol. The molecule has 0 aliphatic carbocycles. The molecule has 0 aliphatic heterocycles. The maximum atomic E-state index is 4.38. The number of aromatic nitrogens is 5. The van der Waals surface area contributed by atoms with Crippen LogP contribution >= 0.6 is 27.3 Å². The van der Waals surface area contributed by atoms with Gasteiger partial charge in [-0.3, -0.25) is 0 Å². The predicted octanol–water partition coefficient (Wildman–Crippen LogP) is 2.22. The van der Waals surface area contributed by atoms with Crippen LogP contribution in [0.5, 0.6) is 0 Å². The fraction of sp³-hybridized carbons (Fsp3) is 0.273. The first-order chi connectivity index (χ1) is 9.15. The molecule has 0 atom stereocenters. The van der Waals surface area contributed by atoms with Gasteiger partial charge in [0, 0.05) is 14.1 Å². The lowest BCUT2D eigenvalue weighted by molar-refractivity contribution is 0.755. The van der Waals surface area contributed by atoms with E-state index in [1.54, 1.807) is 24.0 Å². The minimum atomic E-state index is 0.651. The predicted molar refractivity (Wildman–Crippen MR) is 78.2 cm³/mol. The van der Waals surface area contributed by atoms with Gasteiger partial charge in [-0.05, 0) is 22.0 Å². The Kier molecular flexibility index (Phi) is 3.19. The Balaban J connectivity index is 1.97. The highest BCUT2D eigenvalue weighted by Crippen LogP contribution is 2.33. The molecule has 3 aromatic heterocycles. The molecule has 0 amide bonds. The van der Waals surface area contributed by atoms with E-state index in [2.05, 4.69) is 41.0 Å². The van der Waals surface area contributed by atoms with Crippen LogP contribution in [0.4, 0.5) is 5.82 Å². The van der Waals surface area contributed by atoms with E-state index in [4.69, 9.17) is 0 Å². The van der Waals surface area contributed by atoms with Crippen molar-refractivity contribution in [1.82, 2.24) is 24.7 Å². The second-order valence-corrected chi connectivity index (χ2v) is 6.61. The van der Waals surface area contributed by atoms with E-state index in [9.17, 15) is 0 Å². The molecule has 98 valence electrons. The lowest BCUT2D eigenvalue weighted by Gasteiger charge is -2.17. The van der Waals surface area contributed by atoms with E-state index < -0.39 is 0 Å². The molecule has 0 saturated heterocycles. The van der Waals surface area contributed by atoms with Crippen molar-refractivity contribution in [2.24, 2.45) is 7.05 Å². The van der Waals surface area contributed by atoms with Gasteiger partial charge in [0.2, 0.25) is 0 Å². The molecule has 0 unspecified atom stereocenters. The molecule has 0 radical (unpaired) electrons. The minimum absolute atomic E-state index is 0.651.